The van der Waals surface area contributed by atoms with E-state index in [1.54, 1.807) is 0 Å². The third kappa shape index (κ3) is 6.49. The summed E-state index contributed by atoms with van der Waals surface area (Å²) in [5, 5.41) is 0. The molecule has 42 valence electrons. The van der Waals surface area contributed by atoms with Gasteiger partial charge in [0.25, 0.3) is 0 Å². The molecule has 0 aliphatic heterocycles. The summed E-state index contributed by atoms with van der Waals surface area (Å²) in [7, 11) is 2.73. The maximum Gasteiger partial charge on any atom is 0.133 e. The van der Waals surface area contributed by atoms with E-state index in [1.807, 2.05) is 0 Å². The molecule has 0 aromatic rings. The van der Waals surface area contributed by atoms with E-state index in [1.165, 1.54) is 19.0 Å². The Balaban J connectivity index is 2.68. The summed E-state index contributed by atoms with van der Waals surface area (Å²) < 4.78 is 0. The Morgan fingerprint density at radius 1 is 1.57 bits per heavy atom. The van der Waals surface area contributed by atoms with Crippen LogP contribution in [0.25, 0.3) is 0 Å². The van der Waals surface area contributed by atoms with Gasteiger partial charge in [0.05, 0.1) is 0 Å². The fraction of sp³-hybridized carbons (Fsp3) is 1.00. The van der Waals surface area contributed by atoms with Crippen molar-refractivity contribution in [2.45, 2.75) is 19.8 Å². The quantitative estimate of drug-likeness (QED) is 0.386. The maximum absolute atomic E-state index is 2.34. The zero-order valence-corrected chi connectivity index (χ0v) is 6.46. The Bertz CT molecular complexity index is 37.1. The number of unbranched alkanes of at least 4 members (excludes halogenated alkanes) is 1. The molecule has 0 bridgehead atoms. The van der Waals surface area contributed by atoms with Gasteiger partial charge in [0.15, 0.2) is 0 Å². The molecule has 0 aromatic heterocycles. The lowest BCUT2D eigenvalue weighted by Crippen LogP contribution is -1.79. The lowest BCUT2D eigenvalue weighted by molar-refractivity contribution is 0.894. The van der Waals surface area contributed by atoms with Crippen molar-refractivity contribution in [1.29, 1.82) is 0 Å². The number of rotatable bonds is 3. The van der Waals surface area contributed by atoms with E-state index < -0.39 is 0 Å². The Morgan fingerprint density at radius 3 is 2.29 bits per heavy atom. The molecule has 0 radical (unpaired) electrons. The van der Waals surface area contributed by atoms with E-state index in [0.29, 0.717) is 7.80 Å². The minimum Gasteiger partial charge on any atom is -0.152 e. The van der Waals surface area contributed by atoms with Crippen LogP contribution in [0.4, 0.5) is 0 Å². The molecule has 7 heavy (non-hydrogen) atoms. The van der Waals surface area contributed by atoms with Crippen LogP contribution in [-0.4, -0.2) is 20.4 Å². The molecular formula is C5H14BP. The van der Waals surface area contributed by atoms with Crippen molar-refractivity contribution in [2.24, 2.45) is 0 Å². The second-order valence-corrected chi connectivity index (χ2v) is 4.76. The summed E-state index contributed by atoms with van der Waals surface area (Å²) in [5.74, 6) is 0. The molecule has 0 spiro atoms. The highest BCUT2D eigenvalue weighted by atomic mass is 31.1. The van der Waals surface area contributed by atoms with Gasteiger partial charge in [-0.2, -0.15) is 7.80 Å². The summed E-state index contributed by atoms with van der Waals surface area (Å²) in [6.45, 7) is 4.59. The van der Waals surface area contributed by atoms with Crippen LogP contribution >= 0.6 is 7.80 Å². The van der Waals surface area contributed by atoms with Crippen LogP contribution < -0.4 is 0 Å². The molecule has 0 fully saturated rings. The topological polar surface area (TPSA) is 0 Å². The van der Waals surface area contributed by atoms with Gasteiger partial charge in [-0.3, -0.25) is 0 Å². The maximum atomic E-state index is 2.34. The van der Waals surface area contributed by atoms with E-state index >= 15 is 0 Å². The van der Waals surface area contributed by atoms with Gasteiger partial charge in [-0.1, -0.05) is 26.4 Å². The number of hydrogen-bond acceptors (Lipinski definition) is 0. The molecule has 1 atom stereocenters. The Hall–Kier alpha value is 0.495. The van der Waals surface area contributed by atoms with Gasteiger partial charge in [-0.25, -0.2) is 0 Å². The fourth-order valence-corrected chi connectivity index (χ4v) is 1.42. The molecule has 0 heterocycles. The van der Waals surface area contributed by atoms with Gasteiger partial charge in [0.1, 0.15) is 7.57 Å². The summed E-state index contributed by atoms with van der Waals surface area (Å²) in [4.78, 5) is 0. The predicted octanol–water partition coefficient (Wildman–Crippen LogP) is 1.45. The zero-order chi connectivity index (χ0) is 5.70. The Labute approximate surface area is 48.8 Å². The highest BCUT2D eigenvalue weighted by Gasteiger charge is 1.87. The second-order valence-electron chi connectivity index (χ2n) is 2.16. The van der Waals surface area contributed by atoms with Crippen LogP contribution in [0.3, 0.4) is 0 Å². The molecule has 0 N–H and O–H groups in total. The van der Waals surface area contributed by atoms with Crippen molar-refractivity contribution in [3.8, 4) is 0 Å². The molecule has 0 aromatic carbocycles. The molecule has 0 rings (SSSR count). The SMILES string of the molecule is BP(C)CCCC. The van der Waals surface area contributed by atoms with Crippen molar-refractivity contribution in [1.82, 2.24) is 0 Å². The predicted molar refractivity (Wildman–Crippen MR) is 41.2 cm³/mol. The third-order valence-corrected chi connectivity index (χ3v) is 2.17. The first-order valence-electron chi connectivity index (χ1n) is 2.92. The van der Waals surface area contributed by atoms with Gasteiger partial charge in [-0.05, 0) is 6.16 Å². The average molecular weight is 116 g/mol. The molecule has 0 aliphatic rings. The van der Waals surface area contributed by atoms with Crippen LogP contribution in [0.15, 0.2) is 0 Å². The summed E-state index contributed by atoms with van der Waals surface area (Å²) in [6.07, 6.45) is 4.26. The highest BCUT2D eigenvalue weighted by Crippen LogP contribution is 2.23. The van der Waals surface area contributed by atoms with Crippen molar-refractivity contribution >= 4 is 15.4 Å². The van der Waals surface area contributed by atoms with Gasteiger partial charge in [0.2, 0.25) is 0 Å². The van der Waals surface area contributed by atoms with Crippen LogP contribution in [-0.2, 0) is 0 Å². The lowest BCUT2D eigenvalue weighted by Gasteiger charge is -2.00. The van der Waals surface area contributed by atoms with Crippen LogP contribution in [0.5, 0.6) is 0 Å². The first-order chi connectivity index (χ1) is 3.27. The molecule has 0 saturated heterocycles. The van der Waals surface area contributed by atoms with Crippen LogP contribution in [0.1, 0.15) is 19.8 Å². The minimum absolute atomic E-state index is 0.394. The molecule has 1 unspecified atom stereocenters. The van der Waals surface area contributed by atoms with Gasteiger partial charge in [-0.15, -0.1) is 0 Å². The molecule has 0 amide bonds. The average Bonchev–Trinajstić information content (AvgIpc) is 1.61. The van der Waals surface area contributed by atoms with Crippen LogP contribution in [0.2, 0.25) is 0 Å². The summed E-state index contributed by atoms with van der Waals surface area (Å²) >= 11 is 0. The fourth-order valence-electron chi connectivity index (χ4n) is 0.474. The minimum atomic E-state index is 0.394. The first kappa shape index (κ1) is 7.49. The third-order valence-electron chi connectivity index (χ3n) is 0.959. The van der Waals surface area contributed by atoms with Gasteiger partial charge in [0, 0.05) is 0 Å². The van der Waals surface area contributed by atoms with Gasteiger partial charge < -0.3 is 0 Å². The molecule has 0 saturated carbocycles. The van der Waals surface area contributed by atoms with Crippen molar-refractivity contribution in [3.63, 3.8) is 0 Å². The summed E-state index contributed by atoms with van der Waals surface area (Å²) in [6, 6.07) is 0. The van der Waals surface area contributed by atoms with Crippen molar-refractivity contribution in [2.75, 3.05) is 12.8 Å². The highest BCUT2D eigenvalue weighted by molar-refractivity contribution is 7.81. The Morgan fingerprint density at radius 2 is 2.14 bits per heavy atom. The Kier molecular flexibility index (Phi) is 4.98. The second kappa shape index (κ2) is 4.65. The largest absolute Gasteiger partial charge is 0.152 e. The molecule has 0 nitrogen and oxygen atoms in total. The molecular weight excluding hydrogens is 102 g/mol. The first-order valence-corrected chi connectivity index (χ1v) is 5.34. The van der Waals surface area contributed by atoms with Crippen molar-refractivity contribution in [3.05, 3.63) is 0 Å². The van der Waals surface area contributed by atoms with Crippen LogP contribution in [0, 0.1) is 0 Å². The monoisotopic (exact) mass is 116 g/mol. The smallest absolute Gasteiger partial charge is 0.133 e. The van der Waals surface area contributed by atoms with E-state index in [0.717, 1.165) is 0 Å². The van der Waals surface area contributed by atoms with Gasteiger partial charge >= 0.3 is 0 Å². The molecule has 0 aliphatic carbocycles. The van der Waals surface area contributed by atoms with E-state index in [-0.39, 0.29) is 0 Å². The number of hydrogen-bond donors (Lipinski definition) is 0. The normalized spacial score (nSPS) is 14.0. The van der Waals surface area contributed by atoms with E-state index in [4.69, 9.17) is 0 Å². The van der Waals surface area contributed by atoms with E-state index in [2.05, 4.69) is 21.2 Å². The summed E-state index contributed by atoms with van der Waals surface area (Å²) in [5.41, 5.74) is 0. The van der Waals surface area contributed by atoms with E-state index in [9.17, 15) is 0 Å². The lowest BCUT2D eigenvalue weighted by atomic mass is 10.4. The molecule has 2 heteroatoms. The zero-order valence-electron chi connectivity index (χ0n) is 5.57. The standard InChI is InChI=1S/C5H14BP/c1-3-4-5-7(2)6/h3-6H2,1-2H3. The van der Waals surface area contributed by atoms with Crippen molar-refractivity contribution < 1.29 is 0 Å².